The quantitative estimate of drug-likeness (QED) is 0.599. The highest BCUT2D eigenvalue weighted by Gasteiger charge is 2.13. The number of imidazole rings is 1. The van der Waals surface area contributed by atoms with Crippen molar-refractivity contribution in [2.75, 3.05) is 13.7 Å². The second kappa shape index (κ2) is 7.58. The molecule has 7 heteroatoms. The maximum atomic E-state index is 13.4. The van der Waals surface area contributed by atoms with Crippen molar-refractivity contribution in [3.63, 3.8) is 0 Å². The highest BCUT2D eigenvalue weighted by molar-refractivity contribution is 9.10. The molecule has 2 aromatic carbocycles. The lowest BCUT2D eigenvalue weighted by Crippen LogP contribution is -1.96. The number of nitrogens with zero attached hydrogens (tertiary/aromatic N) is 2. The van der Waals surface area contributed by atoms with E-state index in [4.69, 9.17) is 9.47 Å². The molecule has 3 aromatic rings. The minimum atomic E-state index is -0.366. The number of methoxy groups -OCH3 is 1. The van der Waals surface area contributed by atoms with Gasteiger partial charge in [0.15, 0.2) is 11.5 Å². The SMILES string of the molecule is CCOc1cc(/C=C(/C#N)c2nc3ccc(F)cc3[nH]2)c(Br)cc1OC. The van der Waals surface area contributed by atoms with E-state index in [9.17, 15) is 9.65 Å². The molecule has 0 aliphatic rings. The van der Waals surface area contributed by atoms with Gasteiger partial charge in [0.25, 0.3) is 0 Å². The number of hydrogen-bond acceptors (Lipinski definition) is 4. The second-order valence-corrected chi connectivity index (χ2v) is 6.23. The molecule has 3 rings (SSSR count). The third-order valence-corrected chi connectivity index (χ3v) is 4.39. The summed E-state index contributed by atoms with van der Waals surface area (Å²) in [4.78, 5) is 7.34. The normalized spacial score (nSPS) is 11.4. The van der Waals surface area contributed by atoms with E-state index in [1.54, 1.807) is 31.4 Å². The molecule has 132 valence electrons. The Balaban J connectivity index is 2.08. The standard InChI is InChI=1S/C19H15BrFN3O2/c1-3-26-18-7-11(14(20)9-17(18)25-2)6-12(10-22)19-23-15-5-4-13(21)8-16(15)24-19/h4-9H,3H2,1-2H3,(H,23,24)/b12-6-. The van der Waals surface area contributed by atoms with E-state index >= 15 is 0 Å². The van der Waals surface area contributed by atoms with Gasteiger partial charge in [-0.05, 0) is 48.9 Å². The Morgan fingerprint density at radius 2 is 2.15 bits per heavy atom. The first-order chi connectivity index (χ1) is 12.5. The lowest BCUT2D eigenvalue weighted by atomic mass is 10.1. The van der Waals surface area contributed by atoms with Gasteiger partial charge in [-0.1, -0.05) is 15.9 Å². The first kappa shape index (κ1) is 18.0. The first-order valence-electron chi connectivity index (χ1n) is 7.83. The van der Waals surface area contributed by atoms with Crippen molar-refractivity contribution in [2.24, 2.45) is 0 Å². The fourth-order valence-corrected chi connectivity index (χ4v) is 2.94. The number of ether oxygens (including phenoxy) is 2. The molecule has 1 heterocycles. The monoisotopic (exact) mass is 415 g/mol. The molecule has 1 aromatic heterocycles. The van der Waals surface area contributed by atoms with Crippen molar-refractivity contribution in [1.82, 2.24) is 9.97 Å². The van der Waals surface area contributed by atoms with Gasteiger partial charge in [-0.2, -0.15) is 5.26 Å². The number of allylic oxidation sites excluding steroid dienone is 1. The molecule has 0 aliphatic heterocycles. The number of H-pyrrole nitrogens is 1. The number of rotatable bonds is 5. The smallest absolute Gasteiger partial charge is 0.161 e. The van der Waals surface area contributed by atoms with Gasteiger partial charge in [-0.25, -0.2) is 9.37 Å². The largest absolute Gasteiger partial charge is 0.493 e. The van der Waals surface area contributed by atoms with E-state index in [1.165, 1.54) is 12.1 Å². The molecule has 0 fully saturated rings. The zero-order valence-corrected chi connectivity index (χ0v) is 15.7. The molecule has 0 atom stereocenters. The molecule has 0 spiro atoms. The topological polar surface area (TPSA) is 70.9 Å². The average molecular weight is 416 g/mol. The van der Waals surface area contributed by atoms with Gasteiger partial charge in [-0.3, -0.25) is 0 Å². The summed E-state index contributed by atoms with van der Waals surface area (Å²) in [5, 5.41) is 9.56. The van der Waals surface area contributed by atoms with Crippen LogP contribution in [0.1, 0.15) is 18.3 Å². The lowest BCUT2D eigenvalue weighted by Gasteiger charge is -2.11. The zero-order valence-electron chi connectivity index (χ0n) is 14.1. The Morgan fingerprint density at radius 1 is 1.35 bits per heavy atom. The van der Waals surface area contributed by atoms with Crippen LogP contribution in [0, 0.1) is 17.1 Å². The van der Waals surface area contributed by atoms with Gasteiger partial charge >= 0.3 is 0 Å². The molecular formula is C19H15BrFN3O2. The van der Waals surface area contributed by atoms with Crippen LogP contribution in [0.4, 0.5) is 4.39 Å². The van der Waals surface area contributed by atoms with Crippen LogP contribution in [0.25, 0.3) is 22.7 Å². The Bertz CT molecular complexity index is 1040. The number of benzene rings is 2. The molecule has 0 saturated heterocycles. The third kappa shape index (κ3) is 3.55. The van der Waals surface area contributed by atoms with Crippen molar-refractivity contribution < 1.29 is 13.9 Å². The molecule has 0 unspecified atom stereocenters. The van der Waals surface area contributed by atoms with Crippen LogP contribution in [-0.4, -0.2) is 23.7 Å². The average Bonchev–Trinajstić information content (AvgIpc) is 3.04. The van der Waals surface area contributed by atoms with Crippen molar-refractivity contribution in [3.8, 4) is 17.6 Å². The van der Waals surface area contributed by atoms with E-state index in [-0.39, 0.29) is 5.82 Å². The maximum Gasteiger partial charge on any atom is 0.161 e. The van der Waals surface area contributed by atoms with Crippen molar-refractivity contribution in [3.05, 3.63) is 52.0 Å². The summed E-state index contributed by atoms with van der Waals surface area (Å²) < 4.78 is 25.0. The summed E-state index contributed by atoms with van der Waals surface area (Å²) in [6.45, 7) is 2.37. The minimum absolute atomic E-state index is 0.315. The number of nitrogens with one attached hydrogen (secondary N) is 1. The van der Waals surface area contributed by atoms with E-state index in [1.807, 2.05) is 6.92 Å². The summed E-state index contributed by atoms with van der Waals surface area (Å²) in [7, 11) is 1.56. The number of fused-ring (bicyclic) bond motifs is 1. The van der Waals surface area contributed by atoms with Gasteiger partial charge in [0.1, 0.15) is 17.7 Å². The molecule has 5 nitrogen and oxygen atoms in total. The molecule has 0 radical (unpaired) electrons. The molecule has 0 amide bonds. The van der Waals surface area contributed by atoms with Gasteiger partial charge in [0.2, 0.25) is 0 Å². The Labute approximate surface area is 158 Å². The van der Waals surface area contributed by atoms with Crippen LogP contribution in [0.15, 0.2) is 34.8 Å². The lowest BCUT2D eigenvalue weighted by molar-refractivity contribution is 0.310. The number of aromatic nitrogens is 2. The van der Waals surface area contributed by atoms with Crippen LogP contribution < -0.4 is 9.47 Å². The summed E-state index contributed by atoms with van der Waals surface area (Å²) in [6.07, 6.45) is 1.68. The summed E-state index contributed by atoms with van der Waals surface area (Å²) in [6, 6.07) is 9.93. The molecular weight excluding hydrogens is 401 g/mol. The van der Waals surface area contributed by atoms with Crippen LogP contribution in [0.2, 0.25) is 0 Å². The molecule has 0 saturated carbocycles. The zero-order chi connectivity index (χ0) is 18.7. The Morgan fingerprint density at radius 3 is 2.85 bits per heavy atom. The summed E-state index contributed by atoms with van der Waals surface area (Å²) in [5.41, 5.74) is 2.17. The minimum Gasteiger partial charge on any atom is -0.493 e. The predicted molar refractivity (Wildman–Crippen MR) is 101 cm³/mol. The number of nitriles is 1. The van der Waals surface area contributed by atoms with Crippen LogP contribution in [-0.2, 0) is 0 Å². The second-order valence-electron chi connectivity index (χ2n) is 5.37. The Kier molecular flexibility index (Phi) is 5.24. The highest BCUT2D eigenvalue weighted by Crippen LogP contribution is 2.35. The van der Waals surface area contributed by atoms with Crippen LogP contribution in [0.5, 0.6) is 11.5 Å². The molecule has 1 N–H and O–H groups in total. The van der Waals surface area contributed by atoms with Gasteiger partial charge in [0, 0.05) is 4.47 Å². The van der Waals surface area contributed by atoms with Crippen LogP contribution in [0.3, 0.4) is 0 Å². The van der Waals surface area contributed by atoms with Crippen molar-refractivity contribution >= 4 is 38.6 Å². The van der Waals surface area contributed by atoms with Gasteiger partial charge in [-0.15, -0.1) is 0 Å². The summed E-state index contributed by atoms with van der Waals surface area (Å²) >= 11 is 3.48. The number of aromatic amines is 1. The third-order valence-electron chi connectivity index (χ3n) is 3.70. The van der Waals surface area contributed by atoms with Crippen molar-refractivity contribution in [2.45, 2.75) is 6.92 Å². The Hall–Kier alpha value is -2.85. The fourth-order valence-electron chi connectivity index (χ4n) is 2.51. The van der Waals surface area contributed by atoms with Gasteiger partial charge in [0.05, 0.1) is 30.3 Å². The van der Waals surface area contributed by atoms with Crippen LogP contribution >= 0.6 is 15.9 Å². The molecule has 0 bridgehead atoms. The molecule has 0 aliphatic carbocycles. The number of halogens is 2. The maximum absolute atomic E-state index is 13.4. The molecule has 26 heavy (non-hydrogen) atoms. The predicted octanol–water partition coefficient (Wildman–Crippen LogP) is 4.94. The highest BCUT2D eigenvalue weighted by atomic mass is 79.9. The summed E-state index contributed by atoms with van der Waals surface area (Å²) in [5.74, 6) is 1.17. The van der Waals surface area contributed by atoms with E-state index in [2.05, 4.69) is 32.0 Å². The van der Waals surface area contributed by atoms with E-state index < -0.39 is 0 Å². The van der Waals surface area contributed by atoms with E-state index in [0.29, 0.717) is 40.5 Å². The first-order valence-corrected chi connectivity index (χ1v) is 8.62. The van der Waals surface area contributed by atoms with Crippen molar-refractivity contribution in [1.29, 1.82) is 5.26 Å². The number of hydrogen-bond donors (Lipinski definition) is 1. The van der Waals surface area contributed by atoms with Gasteiger partial charge < -0.3 is 14.5 Å². The fraction of sp³-hybridized carbons (Fsp3) is 0.158. The van der Waals surface area contributed by atoms with E-state index in [0.717, 1.165) is 10.0 Å².